The smallest absolute Gasteiger partial charge is 0.259 e. The molecule has 0 aliphatic heterocycles. The molecule has 1 fully saturated rings. The molecule has 0 atom stereocenters. The average Bonchev–Trinajstić information content (AvgIpc) is 3.39. The van der Waals surface area contributed by atoms with Gasteiger partial charge in [-0.05, 0) is 30.7 Å². The summed E-state index contributed by atoms with van der Waals surface area (Å²) >= 11 is 0. The van der Waals surface area contributed by atoms with Crippen molar-refractivity contribution in [3.05, 3.63) is 23.0 Å². The maximum Gasteiger partial charge on any atom is 0.259 e. The molecule has 0 aromatic carbocycles. The van der Waals surface area contributed by atoms with Crippen LogP contribution in [0.3, 0.4) is 0 Å². The van der Waals surface area contributed by atoms with Crippen LogP contribution in [0.4, 0.5) is 0 Å². The number of aromatic nitrogens is 2. The summed E-state index contributed by atoms with van der Waals surface area (Å²) in [5.41, 5.74) is 2.87. The molecule has 27 heavy (non-hydrogen) atoms. The summed E-state index contributed by atoms with van der Waals surface area (Å²) in [6, 6.07) is 1.93. The lowest BCUT2D eigenvalue weighted by Gasteiger charge is -2.16. The van der Waals surface area contributed by atoms with Crippen LogP contribution in [0.2, 0.25) is 0 Å². The van der Waals surface area contributed by atoms with Gasteiger partial charge >= 0.3 is 0 Å². The molecular weight excluding hydrogens is 344 g/mol. The number of ether oxygens (including phenoxy) is 1. The Morgan fingerprint density at radius 3 is 2.74 bits per heavy atom. The first kappa shape index (κ1) is 19.8. The zero-order chi connectivity index (χ0) is 19.4. The highest BCUT2D eigenvalue weighted by Gasteiger charge is 2.29. The number of pyridine rings is 1. The summed E-state index contributed by atoms with van der Waals surface area (Å²) in [6.07, 6.45) is 2.96. The van der Waals surface area contributed by atoms with Crippen LogP contribution >= 0.6 is 0 Å². The predicted molar refractivity (Wildman–Crippen MR) is 104 cm³/mol. The standard InChI is InChI=1S/C20H30N4O3/c1-20(2,3)12-16-17-14(18(25)22-8-7-21-9-10-26-4)11-15(13-5-6-13)23-19(17)27-24-16/h11,13,21H,5-10,12H2,1-4H3,(H,22,25). The van der Waals surface area contributed by atoms with E-state index in [0.29, 0.717) is 36.9 Å². The minimum absolute atomic E-state index is 0.0397. The first-order chi connectivity index (χ1) is 12.9. The van der Waals surface area contributed by atoms with Crippen LogP contribution in [-0.2, 0) is 11.2 Å². The van der Waals surface area contributed by atoms with E-state index in [1.165, 1.54) is 0 Å². The molecule has 1 aliphatic carbocycles. The van der Waals surface area contributed by atoms with Crippen molar-refractivity contribution in [2.45, 2.75) is 46.0 Å². The minimum atomic E-state index is -0.101. The molecule has 3 rings (SSSR count). The Hall–Kier alpha value is -1.99. The molecule has 148 valence electrons. The van der Waals surface area contributed by atoms with E-state index in [1.54, 1.807) is 7.11 Å². The van der Waals surface area contributed by atoms with Crippen LogP contribution in [0, 0.1) is 5.41 Å². The van der Waals surface area contributed by atoms with Gasteiger partial charge in [0.1, 0.15) is 0 Å². The Morgan fingerprint density at radius 1 is 1.30 bits per heavy atom. The molecule has 2 N–H and O–H groups in total. The van der Waals surface area contributed by atoms with E-state index in [-0.39, 0.29) is 11.3 Å². The van der Waals surface area contributed by atoms with E-state index in [4.69, 9.17) is 9.26 Å². The molecule has 0 radical (unpaired) electrons. The molecular formula is C20H30N4O3. The van der Waals surface area contributed by atoms with Crippen molar-refractivity contribution in [2.24, 2.45) is 5.41 Å². The van der Waals surface area contributed by atoms with Crippen molar-refractivity contribution in [3.8, 4) is 0 Å². The summed E-state index contributed by atoms with van der Waals surface area (Å²) < 4.78 is 10.5. The molecule has 0 spiro atoms. The largest absolute Gasteiger partial charge is 0.383 e. The summed E-state index contributed by atoms with van der Waals surface area (Å²) in [6.45, 7) is 9.09. The van der Waals surface area contributed by atoms with E-state index in [2.05, 4.69) is 41.5 Å². The van der Waals surface area contributed by atoms with E-state index in [1.807, 2.05) is 6.07 Å². The van der Waals surface area contributed by atoms with Crippen molar-refractivity contribution >= 4 is 17.0 Å². The fourth-order valence-electron chi connectivity index (χ4n) is 3.08. The van der Waals surface area contributed by atoms with Gasteiger partial charge in [0, 0.05) is 38.4 Å². The van der Waals surface area contributed by atoms with E-state index < -0.39 is 0 Å². The van der Waals surface area contributed by atoms with Gasteiger partial charge in [-0.2, -0.15) is 0 Å². The van der Waals surface area contributed by atoms with Gasteiger partial charge in [-0.1, -0.05) is 25.9 Å². The number of carbonyl (C=O) groups excluding carboxylic acids is 1. The van der Waals surface area contributed by atoms with Crippen molar-refractivity contribution < 1.29 is 14.1 Å². The Labute approximate surface area is 160 Å². The quantitative estimate of drug-likeness (QED) is 0.656. The van der Waals surface area contributed by atoms with Crippen LogP contribution < -0.4 is 10.6 Å². The van der Waals surface area contributed by atoms with Crippen molar-refractivity contribution in [1.82, 2.24) is 20.8 Å². The van der Waals surface area contributed by atoms with Crippen LogP contribution in [0.5, 0.6) is 0 Å². The first-order valence-corrected chi connectivity index (χ1v) is 9.66. The van der Waals surface area contributed by atoms with Gasteiger partial charge < -0.3 is 19.9 Å². The van der Waals surface area contributed by atoms with Crippen LogP contribution in [0.15, 0.2) is 10.6 Å². The van der Waals surface area contributed by atoms with Gasteiger partial charge in [-0.25, -0.2) is 4.98 Å². The second-order valence-corrected chi connectivity index (χ2v) is 8.41. The van der Waals surface area contributed by atoms with Gasteiger partial charge in [-0.15, -0.1) is 0 Å². The third-order valence-electron chi connectivity index (χ3n) is 4.55. The fraction of sp³-hybridized carbons (Fsp3) is 0.650. The average molecular weight is 374 g/mol. The van der Waals surface area contributed by atoms with Gasteiger partial charge in [0.05, 0.1) is 23.3 Å². The molecule has 0 unspecified atom stereocenters. The molecule has 2 heterocycles. The Bertz CT molecular complexity index is 790. The van der Waals surface area contributed by atoms with Crippen molar-refractivity contribution in [3.63, 3.8) is 0 Å². The predicted octanol–water partition coefficient (Wildman–Crippen LogP) is 2.65. The van der Waals surface area contributed by atoms with E-state index in [0.717, 1.165) is 42.6 Å². The number of fused-ring (bicyclic) bond motifs is 1. The van der Waals surface area contributed by atoms with Gasteiger partial charge in [0.25, 0.3) is 11.6 Å². The van der Waals surface area contributed by atoms with Crippen LogP contribution in [-0.4, -0.2) is 49.4 Å². The van der Waals surface area contributed by atoms with Crippen LogP contribution in [0.1, 0.15) is 61.3 Å². The lowest BCUT2D eigenvalue weighted by molar-refractivity contribution is 0.0955. The molecule has 1 aliphatic rings. The first-order valence-electron chi connectivity index (χ1n) is 9.66. The zero-order valence-corrected chi connectivity index (χ0v) is 16.7. The maximum absolute atomic E-state index is 12.9. The Morgan fingerprint density at radius 2 is 2.07 bits per heavy atom. The number of hydrogen-bond donors (Lipinski definition) is 2. The number of rotatable bonds is 9. The van der Waals surface area contributed by atoms with E-state index >= 15 is 0 Å². The third kappa shape index (κ3) is 5.26. The monoisotopic (exact) mass is 374 g/mol. The summed E-state index contributed by atoms with van der Waals surface area (Å²) in [5.74, 6) is 0.337. The Kier molecular flexibility index (Phi) is 6.11. The SMILES string of the molecule is COCCNCCNC(=O)c1cc(C2CC2)nc2onc(CC(C)(C)C)c12. The van der Waals surface area contributed by atoms with Crippen molar-refractivity contribution in [2.75, 3.05) is 33.4 Å². The normalized spacial score (nSPS) is 14.7. The minimum Gasteiger partial charge on any atom is -0.383 e. The molecule has 0 bridgehead atoms. The van der Waals surface area contributed by atoms with E-state index in [9.17, 15) is 4.79 Å². The maximum atomic E-state index is 12.9. The fourth-order valence-corrected chi connectivity index (χ4v) is 3.08. The molecule has 0 saturated heterocycles. The number of amides is 1. The summed E-state index contributed by atoms with van der Waals surface area (Å²) in [4.78, 5) is 17.5. The molecule has 1 saturated carbocycles. The molecule has 7 heteroatoms. The highest BCUT2D eigenvalue weighted by Crippen LogP contribution is 2.40. The molecule has 1 amide bonds. The number of methoxy groups -OCH3 is 1. The number of carbonyl (C=O) groups is 1. The zero-order valence-electron chi connectivity index (χ0n) is 16.7. The summed E-state index contributed by atoms with van der Waals surface area (Å²) in [7, 11) is 1.67. The van der Waals surface area contributed by atoms with Gasteiger partial charge in [0.15, 0.2) is 0 Å². The lowest BCUT2D eigenvalue weighted by Crippen LogP contribution is -2.33. The van der Waals surface area contributed by atoms with Gasteiger partial charge in [0.2, 0.25) is 0 Å². The van der Waals surface area contributed by atoms with Crippen LogP contribution in [0.25, 0.3) is 11.1 Å². The molecule has 7 nitrogen and oxygen atoms in total. The molecule has 2 aromatic heterocycles. The Balaban J connectivity index is 1.80. The second-order valence-electron chi connectivity index (χ2n) is 8.41. The van der Waals surface area contributed by atoms with Gasteiger partial charge in [-0.3, -0.25) is 4.79 Å². The highest BCUT2D eigenvalue weighted by molar-refractivity contribution is 6.06. The number of nitrogens with one attached hydrogen (secondary N) is 2. The summed E-state index contributed by atoms with van der Waals surface area (Å²) in [5, 5.41) is 11.2. The number of nitrogens with zero attached hydrogens (tertiary/aromatic N) is 2. The topological polar surface area (TPSA) is 89.3 Å². The third-order valence-corrected chi connectivity index (χ3v) is 4.55. The molecule has 2 aromatic rings. The van der Waals surface area contributed by atoms with Crippen molar-refractivity contribution in [1.29, 1.82) is 0 Å². The highest BCUT2D eigenvalue weighted by atomic mass is 16.5. The lowest BCUT2D eigenvalue weighted by atomic mass is 9.89. The second kappa shape index (κ2) is 8.35. The number of hydrogen-bond acceptors (Lipinski definition) is 6.